The molecule has 0 aliphatic rings. The Kier molecular flexibility index (Phi) is 8.94. The van der Waals surface area contributed by atoms with Gasteiger partial charge in [0.1, 0.15) is 0 Å². The number of nitrogens with zero attached hydrogens (tertiary/aromatic N) is 2. The largest absolute Gasteiger partial charge is 0.415 e. The van der Waals surface area contributed by atoms with Crippen molar-refractivity contribution in [3.05, 3.63) is 5.89 Å². The Morgan fingerprint density at radius 2 is 1.67 bits per heavy atom. The molecule has 0 bridgehead atoms. The molecule has 0 saturated heterocycles. The van der Waals surface area contributed by atoms with Crippen LogP contribution in [0, 0.1) is 0 Å². The van der Waals surface area contributed by atoms with Crippen LogP contribution < -0.4 is 5.73 Å². The molecule has 1 aromatic rings. The van der Waals surface area contributed by atoms with Gasteiger partial charge in [-0.15, -0.1) is 10.2 Å². The molecule has 0 aliphatic heterocycles. The van der Waals surface area contributed by atoms with E-state index >= 15 is 0 Å². The highest BCUT2D eigenvalue weighted by molar-refractivity contribution is 7.99. The maximum atomic E-state index is 5.40. The zero-order valence-corrected chi connectivity index (χ0v) is 12.2. The Balaban J connectivity index is 1.89. The number of hydrogen-bond donors (Lipinski definition) is 1. The first-order valence-electron chi connectivity index (χ1n) is 7.02. The van der Waals surface area contributed by atoms with Crippen molar-refractivity contribution in [3.8, 4) is 0 Å². The van der Waals surface area contributed by atoms with Crippen LogP contribution in [0.15, 0.2) is 9.64 Å². The second kappa shape index (κ2) is 10.4. The third kappa shape index (κ3) is 7.01. The van der Waals surface area contributed by atoms with E-state index in [1.807, 2.05) is 0 Å². The maximum absolute atomic E-state index is 5.40. The van der Waals surface area contributed by atoms with Gasteiger partial charge < -0.3 is 10.2 Å². The maximum Gasteiger partial charge on any atom is 0.276 e. The van der Waals surface area contributed by atoms with Gasteiger partial charge in [-0.3, -0.25) is 0 Å². The average molecular weight is 271 g/mol. The van der Waals surface area contributed by atoms with Crippen LogP contribution in [0.2, 0.25) is 0 Å². The molecule has 0 unspecified atom stereocenters. The highest BCUT2D eigenvalue weighted by Crippen LogP contribution is 2.18. The fourth-order valence-electron chi connectivity index (χ4n) is 1.77. The smallest absolute Gasteiger partial charge is 0.276 e. The van der Waals surface area contributed by atoms with Gasteiger partial charge in [0.15, 0.2) is 0 Å². The predicted molar refractivity (Wildman–Crippen MR) is 75.5 cm³/mol. The molecular formula is C13H25N3OS. The third-order valence-electron chi connectivity index (χ3n) is 2.85. The zero-order valence-electron chi connectivity index (χ0n) is 11.4. The van der Waals surface area contributed by atoms with E-state index in [4.69, 9.17) is 10.2 Å². The van der Waals surface area contributed by atoms with Crippen LogP contribution in [-0.4, -0.2) is 16.0 Å². The van der Waals surface area contributed by atoms with Crippen molar-refractivity contribution >= 4 is 11.8 Å². The van der Waals surface area contributed by atoms with Crippen LogP contribution in [0.25, 0.3) is 0 Å². The molecule has 0 saturated carbocycles. The fraction of sp³-hybridized carbons (Fsp3) is 0.846. The normalized spacial score (nSPS) is 11.0. The van der Waals surface area contributed by atoms with Crippen molar-refractivity contribution in [2.24, 2.45) is 5.73 Å². The molecule has 0 spiro atoms. The first-order chi connectivity index (χ1) is 8.86. The summed E-state index contributed by atoms with van der Waals surface area (Å²) in [5.74, 6) is 1.58. The van der Waals surface area contributed by atoms with E-state index in [1.165, 1.54) is 51.4 Å². The number of aromatic nitrogens is 2. The molecule has 2 N–H and O–H groups in total. The quantitative estimate of drug-likeness (QED) is 0.490. The van der Waals surface area contributed by atoms with Gasteiger partial charge in [0, 0.05) is 5.75 Å². The molecule has 0 fully saturated rings. The van der Waals surface area contributed by atoms with Crippen molar-refractivity contribution in [1.29, 1.82) is 0 Å². The summed E-state index contributed by atoms with van der Waals surface area (Å²) < 4.78 is 5.32. The molecule has 18 heavy (non-hydrogen) atoms. The standard InChI is InChI=1S/C13H25N3OS/c1-2-3-4-5-6-7-8-9-10-18-13-16-15-12(11-14)17-13/h2-11,14H2,1H3. The van der Waals surface area contributed by atoms with Crippen molar-refractivity contribution in [1.82, 2.24) is 10.2 Å². The molecular weight excluding hydrogens is 246 g/mol. The number of nitrogens with two attached hydrogens (primary N) is 1. The van der Waals surface area contributed by atoms with Crippen molar-refractivity contribution in [3.63, 3.8) is 0 Å². The summed E-state index contributed by atoms with van der Waals surface area (Å²) in [6.45, 7) is 2.58. The van der Waals surface area contributed by atoms with E-state index in [0.717, 1.165) is 5.75 Å². The Bertz CT molecular complexity index is 304. The van der Waals surface area contributed by atoms with Crippen molar-refractivity contribution in [2.75, 3.05) is 5.75 Å². The minimum absolute atomic E-state index is 0.325. The first kappa shape index (κ1) is 15.5. The highest BCUT2D eigenvalue weighted by atomic mass is 32.2. The zero-order chi connectivity index (χ0) is 13.1. The van der Waals surface area contributed by atoms with Crippen LogP contribution >= 0.6 is 11.8 Å². The topological polar surface area (TPSA) is 64.9 Å². The summed E-state index contributed by atoms with van der Waals surface area (Å²) in [4.78, 5) is 0. The molecule has 0 aliphatic carbocycles. The van der Waals surface area contributed by atoms with Gasteiger partial charge in [0.2, 0.25) is 5.89 Å². The van der Waals surface area contributed by atoms with Gasteiger partial charge in [-0.05, 0) is 6.42 Å². The number of thioether (sulfide) groups is 1. The Labute approximate surface area is 114 Å². The minimum atomic E-state index is 0.325. The van der Waals surface area contributed by atoms with Crippen molar-refractivity contribution in [2.45, 2.75) is 70.1 Å². The van der Waals surface area contributed by atoms with Crippen LogP contribution in [0.1, 0.15) is 64.2 Å². The molecule has 104 valence electrons. The molecule has 0 aromatic carbocycles. The summed E-state index contributed by atoms with van der Waals surface area (Å²) in [5, 5.41) is 8.40. The predicted octanol–water partition coefficient (Wildman–Crippen LogP) is 3.76. The molecule has 0 radical (unpaired) electrons. The number of hydrogen-bond acceptors (Lipinski definition) is 5. The summed E-state index contributed by atoms with van der Waals surface area (Å²) in [6, 6.07) is 0. The van der Waals surface area contributed by atoms with E-state index in [1.54, 1.807) is 11.8 Å². The van der Waals surface area contributed by atoms with E-state index in [-0.39, 0.29) is 0 Å². The second-order valence-corrected chi connectivity index (χ2v) is 5.54. The molecule has 1 rings (SSSR count). The van der Waals surface area contributed by atoms with Gasteiger partial charge in [-0.2, -0.15) is 0 Å². The van der Waals surface area contributed by atoms with Crippen molar-refractivity contribution < 1.29 is 4.42 Å². The lowest BCUT2D eigenvalue weighted by Crippen LogP contribution is -1.95. The van der Waals surface area contributed by atoms with Crippen LogP contribution in [0.4, 0.5) is 0 Å². The first-order valence-corrected chi connectivity index (χ1v) is 8.00. The van der Waals surface area contributed by atoms with E-state index < -0.39 is 0 Å². The molecule has 0 amide bonds. The minimum Gasteiger partial charge on any atom is -0.415 e. The average Bonchev–Trinajstić information content (AvgIpc) is 2.85. The van der Waals surface area contributed by atoms with Gasteiger partial charge in [-0.1, -0.05) is 63.6 Å². The van der Waals surface area contributed by atoms with Gasteiger partial charge in [0.25, 0.3) is 5.22 Å². The molecule has 1 heterocycles. The Morgan fingerprint density at radius 3 is 2.28 bits per heavy atom. The number of unbranched alkanes of at least 4 members (excludes halogenated alkanes) is 7. The Morgan fingerprint density at radius 1 is 1.00 bits per heavy atom. The fourth-order valence-corrected chi connectivity index (χ4v) is 2.55. The van der Waals surface area contributed by atoms with Crippen LogP contribution in [0.5, 0.6) is 0 Å². The molecule has 5 heteroatoms. The summed E-state index contributed by atoms with van der Waals surface area (Å²) in [7, 11) is 0. The molecule has 0 atom stereocenters. The summed E-state index contributed by atoms with van der Waals surface area (Å²) in [6.07, 6.45) is 10.8. The number of rotatable bonds is 11. The SMILES string of the molecule is CCCCCCCCCCSc1nnc(CN)o1. The summed E-state index contributed by atoms with van der Waals surface area (Å²) in [5.41, 5.74) is 5.40. The third-order valence-corrected chi connectivity index (χ3v) is 3.75. The lowest BCUT2D eigenvalue weighted by Gasteiger charge is -2.00. The van der Waals surface area contributed by atoms with E-state index in [0.29, 0.717) is 17.7 Å². The van der Waals surface area contributed by atoms with Gasteiger partial charge in [-0.25, -0.2) is 0 Å². The van der Waals surface area contributed by atoms with E-state index in [9.17, 15) is 0 Å². The lowest BCUT2D eigenvalue weighted by atomic mass is 10.1. The van der Waals surface area contributed by atoms with Crippen LogP contribution in [-0.2, 0) is 6.54 Å². The second-order valence-electron chi connectivity index (χ2n) is 4.49. The Hall–Kier alpha value is -0.550. The molecule has 1 aromatic heterocycles. The van der Waals surface area contributed by atoms with Gasteiger partial charge >= 0.3 is 0 Å². The van der Waals surface area contributed by atoms with Gasteiger partial charge in [0.05, 0.1) is 6.54 Å². The summed E-state index contributed by atoms with van der Waals surface area (Å²) >= 11 is 1.63. The monoisotopic (exact) mass is 271 g/mol. The lowest BCUT2D eigenvalue weighted by molar-refractivity contribution is 0.414. The molecule has 4 nitrogen and oxygen atoms in total. The van der Waals surface area contributed by atoms with E-state index in [2.05, 4.69) is 17.1 Å². The highest BCUT2D eigenvalue weighted by Gasteiger charge is 2.04. The van der Waals surface area contributed by atoms with Crippen LogP contribution in [0.3, 0.4) is 0 Å².